The number of benzene rings is 1. The van der Waals surface area contributed by atoms with Gasteiger partial charge in [0.2, 0.25) is 0 Å². The van der Waals surface area contributed by atoms with Crippen molar-refractivity contribution in [2.75, 3.05) is 0 Å². The molecule has 1 spiro atoms. The van der Waals surface area contributed by atoms with Gasteiger partial charge >= 0.3 is 0 Å². The van der Waals surface area contributed by atoms with Gasteiger partial charge in [0.15, 0.2) is 0 Å². The van der Waals surface area contributed by atoms with E-state index in [4.69, 9.17) is 9.47 Å². The number of para-hydroxylation sites is 1. The lowest BCUT2D eigenvalue weighted by Crippen LogP contribution is -2.58. The molecule has 3 aliphatic heterocycles. The largest absolute Gasteiger partial charge is 0.486 e. The second-order valence-electron chi connectivity index (χ2n) is 14.0. The Morgan fingerprint density at radius 2 is 1.65 bits per heavy atom. The summed E-state index contributed by atoms with van der Waals surface area (Å²) < 4.78 is 16.5. The van der Waals surface area contributed by atoms with E-state index < -0.39 is 0 Å². The van der Waals surface area contributed by atoms with E-state index in [2.05, 4.69) is 119 Å². The molecule has 0 bridgehead atoms. The molecule has 1 saturated heterocycles. The van der Waals surface area contributed by atoms with Crippen LogP contribution in [0.4, 0.5) is 0 Å². The number of rotatable bonds is 2. The van der Waals surface area contributed by atoms with Gasteiger partial charge in [0.25, 0.3) is 0 Å². The highest BCUT2D eigenvalue weighted by Gasteiger charge is 2.61. The maximum absolute atomic E-state index is 7.06. The standard InChI is InChI=1S/C42H40N2O2/c1-2-10-27(11-3-1)28-18-20-34-40(24-28)45-38-16-8-5-13-32(38)42(34)33-14-6-9-17-39(33)46-41-25-29(19-21-35(41)42)44-36-15-7-4-12-30(36)31-26-43-23-22-37(31)44/h1-2,5,7-8,13-25,27,34-35,40-41,43H,3-4,6,9-12,26H2. The predicted molar refractivity (Wildman–Crippen MR) is 185 cm³/mol. The van der Waals surface area contributed by atoms with Crippen LogP contribution in [0.5, 0.6) is 5.75 Å². The molecule has 6 atom stereocenters. The summed E-state index contributed by atoms with van der Waals surface area (Å²) in [6.07, 6.45) is 40.9. The van der Waals surface area contributed by atoms with Crippen LogP contribution in [-0.2, 0) is 23.1 Å². The number of hydrogen-bond donors (Lipinski definition) is 1. The molecule has 0 amide bonds. The van der Waals surface area contributed by atoms with Gasteiger partial charge in [-0.3, -0.25) is 0 Å². The van der Waals surface area contributed by atoms with Gasteiger partial charge in [-0.2, -0.15) is 0 Å². The smallest absolute Gasteiger partial charge is 0.127 e. The van der Waals surface area contributed by atoms with Crippen LogP contribution in [-0.4, -0.2) is 16.8 Å². The molecular formula is C42H40N2O2. The van der Waals surface area contributed by atoms with Crippen molar-refractivity contribution in [3.63, 3.8) is 0 Å². The molecule has 10 rings (SSSR count). The van der Waals surface area contributed by atoms with E-state index in [0.717, 1.165) is 56.6 Å². The Labute approximate surface area is 271 Å². The van der Waals surface area contributed by atoms with E-state index >= 15 is 0 Å². The topological polar surface area (TPSA) is 35.4 Å². The first-order valence-electron chi connectivity index (χ1n) is 17.4. The number of fused-ring (bicyclic) bond motifs is 11. The van der Waals surface area contributed by atoms with Crippen LogP contribution >= 0.6 is 0 Å². The highest BCUT2D eigenvalue weighted by molar-refractivity contribution is 5.76. The number of nitrogens with one attached hydrogen (secondary N) is 1. The van der Waals surface area contributed by atoms with Crippen molar-refractivity contribution in [1.29, 1.82) is 0 Å². The summed E-state index contributed by atoms with van der Waals surface area (Å²) in [5.74, 6) is 2.95. The van der Waals surface area contributed by atoms with Crippen LogP contribution in [0.1, 0.15) is 66.6 Å². The average Bonchev–Trinajstić information content (AvgIpc) is 3.46. The van der Waals surface area contributed by atoms with Crippen LogP contribution in [0, 0.1) is 17.8 Å². The minimum Gasteiger partial charge on any atom is -0.486 e. The zero-order chi connectivity index (χ0) is 30.2. The normalized spacial score (nSPS) is 32.6. The van der Waals surface area contributed by atoms with Crippen LogP contribution < -0.4 is 10.1 Å². The van der Waals surface area contributed by atoms with Gasteiger partial charge in [-0.05, 0) is 111 Å². The SMILES string of the molecule is C1=Cc2c(c3c(n2C2=CC4OC5=CCCC=C5C5(c6ccccc6OC6C=C(C7CC=CCC7)C=CC65)C4C=C2)C=CNC3)CC1. The van der Waals surface area contributed by atoms with Gasteiger partial charge in [-0.1, -0.05) is 60.7 Å². The van der Waals surface area contributed by atoms with Gasteiger partial charge in [0.05, 0.1) is 5.69 Å². The summed E-state index contributed by atoms with van der Waals surface area (Å²) in [4.78, 5) is 0. The summed E-state index contributed by atoms with van der Waals surface area (Å²) in [5, 5.41) is 3.46. The number of hydrogen-bond acceptors (Lipinski definition) is 3. The quantitative estimate of drug-likeness (QED) is 0.348. The Morgan fingerprint density at radius 1 is 0.783 bits per heavy atom. The van der Waals surface area contributed by atoms with Crippen molar-refractivity contribution in [2.45, 2.75) is 69.1 Å². The molecule has 1 N–H and O–H groups in total. The molecule has 0 saturated carbocycles. The fourth-order valence-corrected chi connectivity index (χ4v) is 9.83. The van der Waals surface area contributed by atoms with Crippen molar-refractivity contribution in [1.82, 2.24) is 9.88 Å². The monoisotopic (exact) mass is 604 g/mol. The maximum Gasteiger partial charge on any atom is 0.127 e. The van der Waals surface area contributed by atoms with Gasteiger partial charge in [0.1, 0.15) is 23.7 Å². The fourth-order valence-electron chi connectivity index (χ4n) is 9.83. The van der Waals surface area contributed by atoms with Crippen LogP contribution in [0.3, 0.4) is 0 Å². The second-order valence-corrected chi connectivity index (χ2v) is 14.0. The van der Waals surface area contributed by atoms with E-state index in [1.165, 1.54) is 51.3 Å². The first kappa shape index (κ1) is 26.7. The summed E-state index contributed by atoms with van der Waals surface area (Å²) in [6, 6.07) is 8.85. The minimum atomic E-state index is -0.294. The van der Waals surface area contributed by atoms with Gasteiger partial charge in [-0.15, -0.1) is 0 Å². The molecule has 1 aromatic heterocycles. The Balaban J connectivity index is 1.14. The van der Waals surface area contributed by atoms with Crippen molar-refractivity contribution in [3.8, 4) is 5.75 Å². The van der Waals surface area contributed by atoms with Crippen molar-refractivity contribution < 1.29 is 9.47 Å². The molecule has 2 aromatic rings. The van der Waals surface area contributed by atoms with Crippen molar-refractivity contribution in [2.24, 2.45) is 17.8 Å². The van der Waals surface area contributed by atoms with Crippen LogP contribution in [0.25, 0.3) is 17.8 Å². The minimum absolute atomic E-state index is 0.0197. The van der Waals surface area contributed by atoms with E-state index in [1.807, 2.05) is 0 Å². The first-order valence-corrected chi connectivity index (χ1v) is 17.4. The number of aromatic nitrogens is 1. The van der Waals surface area contributed by atoms with E-state index in [-0.39, 0.29) is 29.5 Å². The first-order chi connectivity index (χ1) is 22.8. The molecule has 4 nitrogen and oxygen atoms in total. The zero-order valence-electron chi connectivity index (χ0n) is 26.2. The molecule has 5 aliphatic carbocycles. The average molecular weight is 605 g/mol. The van der Waals surface area contributed by atoms with Crippen molar-refractivity contribution >= 4 is 17.8 Å². The van der Waals surface area contributed by atoms with Gasteiger partial charge in [0, 0.05) is 51.9 Å². The van der Waals surface area contributed by atoms with E-state index in [9.17, 15) is 0 Å². The predicted octanol–water partition coefficient (Wildman–Crippen LogP) is 8.72. The van der Waals surface area contributed by atoms with Crippen molar-refractivity contribution in [3.05, 3.63) is 142 Å². The zero-order valence-corrected chi connectivity index (χ0v) is 26.2. The molecule has 6 unspecified atom stereocenters. The third-order valence-electron chi connectivity index (χ3n) is 11.8. The molecule has 4 heterocycles. The second kappa shape index (κ2) is 10.3. The molecule has 8 aliphatic rings. The van der Waals surface area contributed by atoms with Gasteiger partial charge in [-0.25, -0.2) is 0 Å². The molecular weight excluding hydrogens is 564 g/mol. The maximum atomic E-state index is 7.06. The van der Waals surface area contributed by atoms with Crippen LogP contribution in [0.15, 0.2) is 114 Å². The summed E-state index contributed by atoms with van der Waals surface area (Å²) in [7, 11) is 0. The Morgan fingerprint density at radius 3 is 2.59 bits per heavy atom. The lowest BCUT2D eigenvalue weighted by molar-refractivity contribution is 0.00677. The Kier molecular flexibility index (Phi) is 5.98. The molecule has 46 heavy (non-hydrogen) atoms. The molecule has 1 fully saturated rings. The van der Waals surface area contributed by atoms with Crippen LogP contribution in [0.2, 0.25) is 0 Å². The van der Waals surface area contributed by atoms with Gasteiger partial charge < -0.3 is 19.4 Å². The molecule has 4 heteroatoms. The third-order valence-corrected chi connectivity index (χ3v) is 11.8. The summed E-state index contributed by atoms with van der Waals surface area (Å²) >= 11 is 0. The lowest BCUT2D eigenvalue weighted by atomic mass is 9.51. The number of allylic oxidation sites excluding steroid dienone is 10. The van der Waals surface area contributed by atoms with E-state index in [1.54, 1.807) is 0 Å². The Bertz CT molecular complexity index is 1880. The fraction of sp³-hybridized carbons (Fsp3) is 0.333. The number of ether oxygens (including phenoxy) is 2. The molecule has 1 aromatic carbocycles. The molecule has 0 radical (unpaired) electrons. The molecule has 230 valence electrons. The van der Waals surface area contributed by atoms with E-state index in [0.29, 0.717) is 5.92 Å². The lowest BCUT2D eigenvalue weighted by Gasteiger charge is -2.57. The summed E-state index contributed by atoms with van der Waals surface area (Å²) in [6.45, 7) is 0.886. The summed E-state index contributed by atoms with van der Waals surface area (Å²) in [5.41, 5.74) is 10.5. The highest BCUT2D eigenvalue weighted by atomic mass is 16.5. The number of nitrogens with zero attached hydrogens (tertiary/aromatic N) is 1. The third kappa shape index (κ3) is 3.73. The Hall–Kier alpha value is -4.44. The highest BCUT2D eigenvalue weighted by Crippen LogP contribution is 2.62.